The smallest absolute Gasteiger partial charge is 0.417 e. The average molecular weight is 546 g/mol. The van der Waals surface area contributed by atoms with Crippen molar-refractivity contribution in [1.82, 2.24) is 14.8 Å². The Hall–Kier alpha value is -2.98. The van der Waals surface area contributed by atoms with E-state index in [4.69, 9.17) is 9.84 Å². The highest BCUT2D eigenvalue weighted by Crippen LogP contribution is 2.38. The third-order valence-electron chi connectivity index (χ3n) is 8.53. The number of piperidine rings is 1. The van der Waals surface area contributed by atoms with E-state index in [-0.39, 0.29) is 36.1 Å². The van der Waals surface area contributed by atoms with Crippen molar-refractivity contribution >= 4 is 11.9 Å². The zero-order valence-electron chi connectivity index (χ0n) is 22.0. The average Bonchev–Trinajstić information content (AvgIpc) is 3.35. The van der Waals surface area contributed by atoms with Crippen LogP contribution in [0.1, 0.15) is 71.3 Å². The Balaban J connectivity index is 1.22. The second kappa shape index (κ2) is 11.3. The van der Waals surface area contributed by atoms with Crippen LogP contribution >= 0.6 is 0 Å². The van der Waals surface area contributed by atoms with Crippen LogP contribution in [0.4, 0.5) is 13.2 Å². The number of fused-ring (bicyclic) bond motifs is 1. The molecule has 5 rings (SSSR count). The normalized spacial score (nSPS) is 24.5. The minimum Gasteiger partial charge on any atom is -0.478 e. The molecule has 0 radical (unpaired) electrons. The van der Waals surface area contributed by atoms with Gasteiger partial charge in [0.1, 0.15) is 0 Å². The molecule has 1 saturated carbocycles. The second-order valence-electron chi connectivity index (χ2n) is 10.8. The van der Waals surface area contributed by atoms with Crippen molar-refractivity contribution in [1.29, 1.82) is 0 Å². The van der Waals surface area contributed by atoms with Crippen molar-refractivity contribution < 1.29 is 32.6 Å². The van der Waals surface area contributed by atoms with Crippen LogP contribution in [0.2, 0.25) is 0 Å². The van der Waals surface area contributed by atoms with Gasteiger partial charge in [-0.05, 0) is 80.9 Å². The number of amides is 1. The molecule has 10 heteroatoms. The summed E-state index contributed by atoms with van der Waals surface area (Å²) in [5, 5.41) is 9.14. The molecule has 39 heavy (non-hydrogen) atoms. The number of aromatic nitrogens is 1. The standard InChI is InChI=1S/C29H34F3N3O4/c1-2-39-26-15-23(34-10-7-19(8-11-34)18-3-5-20(6-4-18)28(37)38)14-24(26)27(36)35-12-9-25-21(17-35)13-22(16-33-25)29(30,31)32/h3-6,13,16,19,23-24,26H,2,7-12,14-15,17H2,1H3,(H,37,38)/t23?,24?,26-/m1/s1. The summed E-state index contributed by atoms with van der Waals surface area (Å²) in [4.78, 5) is 32.9. The maximum Gasteiger partial charge on any atom is 0.417 e. The Morgan fingerprint density at radius 2 is 1.82 bits per heavy atom. The summed E-state index contributed by atoms with van der Waals surface area (Å²) >= 11 is 0. The maximum absolute atomic E-state index is 13.7. The molecule has 3 aliphatic rings. The highest BCUT2D eigenvalue weighted by atomic mass is 19.4. The molecule has 1 amide bonds. The predicted molar refractivity (Wildman–Crippen MR) is 137 cm³/mol. The largest absolute Gasteiger partial charge is 0.478 e. The first kappa shape index (κ1) is 27.6. The number of benzene rings is 1. The molecule has 2 fully saturated rings. The number of carbonyl (C=O) groups excluding carboxylic acids is 1. The summed E-state index contributed by atoms with van der Waals surface area (Å²) in [6.45, 7) is 4.76. The van der Waals surface area contributed by atoms with Crippen molar-refractivity contribution in [2.75, 3.05) is 26.2 Å². The zero-order valence-corrected chi connectivity index (χ0v) is 22.0. The van der Waals surface area contributed by atoms with E-state index in [0.29, 0.717) is 43.2 Å². The fraction of sp³-hybridized carbons (Fsp3) is 0.552. The molecule has 1 aromatic carbocycles. The number of likely N-dealkylation sites (tertiary alicyclic amines) is 1. The van der Waals surface area contributed by atoms with E-state index in [2.05, 4.69) is 9.88 Å². The Morgan fingerprint density at radius 3 is 2.46 bits per heavy atom. The number of carboxylic acid groups (broad SMARTS) is 1. The molecule has 3 heterocycles. The van der Waals surface area contributed by atoms with E-state index >= 15 is 0 Å². The summed E-state index contributed by atoms with van der Waals surface area (Å²) in [5.41, 5.74) is 1.74. The molecule has 1 N–H and O–H groups in total. The number of pyridine rings is 1. The summed E-state index contributed by atoms with van der Waals surface area (Å²) in [6.07, 6.45) is -0.0286. The minimum absolute atomic E-state index is 0.0487. The molecule has 1 aliphatic carbocycles. The maximum atomic E-state index is 13.7. The molecular formula is C29H34F3N3O4. The number of halogens is 3. The van der Waals surface area contributed by atoms with Gasteiger partial charge in [-0.3, -0.25) is 9.78 Å². The van der Waals surface area contributed by atoms with Gasteiger partial charge in [-0.25, -0.2) is 4.79 Å². The first-order valence-corrected chi connectivity index (χ1v) is 13.7. The van der Waals surface area contributed by atoms with Crippen LogP contribution < -0.4 is 0 Å². The Kier molecular flexibility index (Phi) is 7.96. The quantitative estimate of drug-likeness (QED) is 0.565. The number of carboxylic acids is 1. The van der Waals surface area contributed by atoms with Gasteiger partial charge in [0.25, 0.3) is 0 Å². The monoisotopic (exact) mass is 545 g/mol. The molecular weight excluding hydrogens is 511 g/mol. The van der Waals surface area contributed by atoms with E-state index in [9.17, 15) is 22.8 Å². The van der Waals surface area contributed by atoms with E-state index in [0.717, 1.165) is 50.2 Å². The Bertz CT molecular complexity index is 1200. The zero-order chi connectivity index (χ0) is 27.7. The number of hydrogen-bond acceptors (Lipinski definition) is 5. The molecule has 1 aromatic heterocycles. The lowest BCUT2D eigenvalue weighted by molar-refractivity contribution is -0.140. The SMILES string of the molecule is CCO[C@@H]1CC(N2CCC(c3ccc(C(=O)O)cc3)CC2)CC1C(=O)N1CCc2ncc(C(F)(F)F)cc2C1. The van der Waals surface area contributed by atoms with Gasteiger partial charge in [-0.2, -0.15) is 13.2 Å². The number of nitrogens with zero attached hydrogens (tertiary/aromatic N) is 3. The van der Waals surface area contributed by atoms with E-state index in [1.165, 1.54) is 0 Å². The van der Waals surface area contributed by atoms with Crippen LogP contribution in [0.25, 0.3) is 0 Å². The molecule has 2 unspecified atom stereocenters. The number of alkyl halides is 3. The van der Waals surface area contributed by atoms with Crippen molar-refractivity contribution in [3.63, 3.8) is 0 Å². The van der Waals surface area contributed by atoms with Crippen LogP contribution in [-0.4, -0.2) is 70.2 Å². The summed E-state index contributed by atoms with van der Waals surface area (Å²) < 4.78 is 45.7. The fourth-order valence-electron chi connectivity index (χ4n) is 6.43. The topological polar surface area (TPSA) is 83.0 Å². The lowest BCUT2D eigenvalue weighted by Crippen LogP contribution is -2.43. The molecule has 210 valence electrons. The minimum atomic E-state index is -4.47. The second-order valence-corrected chi connectivity index (χ2v) is 10.8. The van der Waals surface area contributed by atoms with Crippen LogP contribution in [-0.2, 0) is 28.7 Å². The molecule has 0 spiro atoms. The predicted octanol–water partition coefficient (Wildman–Crippen LogP) is 4.75. The lowest BCUT2D eigenvalue weighted by Gasteiger charge is -2.36. The fourth-order valence-corrected chi connectivity index (χ4v) is 6.43. The van der Waals surface area contributed by atoms with Gasteiger partial charge in [0.2, 0.25) is 5.91 Å². The number of rotatable bonds is 6. The van der Waals surface area contributed by atoms with Gasteiger partial charge >= 0.3 is 12.1 Å². The van der Waals surface area contributed by atoms with Gasteiger partial charge in [-0.15, -0.1) is 0 Å². The first-order chi connectivity index (χ1) is 18.6. The van der Waals surface area contributed by atoms with Gasteiger partial charge in [0.15, 0.2) is 0 Å². The van der Waals surface area contributed by atoms with Crippen LogP contribution in [0.3, 0.4) is 0 Å². The van der Waals surface area contributed by atoms with E-state index in [1.54, 1.807) is 17.0 Å². The summed E-state index contributed by atoms with van der Waals surface area (Å²) in [7, 11) is 0. The molecule has 3 atom stereocenters. The molecule has 0 bridgehead atoms. The molecule has 2 aromatic rings. The van der Waals surface area contributed by atoms with Crippen LogP contribution in [0, 0.1) is 5.92 Å². The Labute approximate surface area is 226 Å². The lowest BCUT2D eigenvalue weighted by atomic mass is 9.88. The molecule has 2 aliphatic heterocycles. The number of ether oxygens (including phenoxy) is 1. The third-order valence-corrected chi connectivity index (χ3v) is 8.53. The highest BCUT2D eigenvalue weighted by molar-refractivity contribution is 5.87. The van der Waals surface area contributed by atoms with Gasteiger partial charge < -0.3 is 19.6 Å². The van der Waals surface area contributed by atoms with E-state index in [1.807, 2.05) is 19.1 Å². The van der Waals surface area contributed by atoms with Crippen LogP contribution in [0.5, 0.6) is 0 Å². The number of hydrogen-bond donors (Lipinski definition) is 1. The number of carbonyl (C=O) groups is 2. The van der Waals surface area contributed by atoms with Crippen LogP contribution in [0.15, 0.2) is 36.5 Å². The first-order valence-electron chi connectivity index (χ1n) is 13.7. The van der Waals surface area contributed by atoms with E-state index < -0.39 is 17.7 Å². The van der Waals surface area contributed by atoms with Gasteiger partial charge in [0, 0.05) is 44.0 Å². The highest BCUT2D eigenvalue weighted by Gasteiger charge is 2.44. The van der Waals surface area contributed by atoms with Gasteiger partial charge in [-0.1, -0.05) is 12.1 Å². The van der Waals surface area contributed by atoms with Gasteiger partial charge in [0.05, 0.1) is 23.1 Å². The molecule has 1 saturated heterocycles. The summed E-state index contributed by atoms with van der Waals surface area (Å²) in [5.74, 6) is -0.930. The van der Waals surface area contributed by atoms with Crippen molar-refractivity contribution in [2.45, 2.75) is 69.8 Å². The van der Waals surface area contributed by atoms with Crippen molar-refractivity contribution in [2.24, 2.45) is 5.92 Å². The molecule has 7 nitrogen and oxygen atoms in total. The third kappa shape index (κ3) is 5.96. The Morgan fingerprint density at radius 1 is 1.10 bits per heavy atom. The number of aromatic carboxylic acids is 1. The summed E-state index contributed by atoms with van der Waals surface area (Å²) in [6, 6.07) is 8.46. The van der Waals surface area contributed by atoms with Crippen molar-refractivity contribution in [3.05, 3.63) is 64.5 Å². The van der Waals surface area contributed by atoms with Crippen molar-refractivity contribution in [3.8, 4) is 0 Å².